The van der Waals surface area contributed by atoms with Crippen LogP contribution in [0.25, 0.3) is 22.2 Å². The number of rotatable bonds is 5. The number of aromatic amines is 1. The summed E-state index contributed by atoms with van der Waals surface area (Å²) < 4.78 is 4.78. The highest BCUT2D eigenvalue weighted by molar-refractivity contribution is 6.03. The van der Waals surface area contributed by atoms with Crippen LogP contribution in [0.4, 0.5) is 5.82 Å². The molecule has 0 saturated carbocycles. The third-order valence-electron chi connectivity index (χ3n) is 6.72. The molecule has 0 bridgehead atoms. The van der Waals surface area contributed by atoms with Gasteiger partial charge in [-0.2, -0.15) is 5.10 Å². The van der Waals surface area contributed by atoms with Crippen molar-refractivity contribution in [2.75, 3.05) is 5.73 Å². The average molecular weight is 545 g/mol. The van der Waals surface area contributed by atoms with Gasteiger partial charge in [0.05, 0.1) is 34.4 Å². The lowest BCUT2D eigenvalue weighted by Crippen LogP contribution is -2.35. The minimum atomic E-state index is -0.622. The van der Waals surface area contributed by atoms with Crippen molar-refractivity contribution >= 4 is 28.3 Å². The highest BCUT2D eigenvalue weighted by Gasteiger charge is 2.28. The summed E-state index contributed by atoms with van der Waals surface area (Å²) >= 11 is 0. The Balaban J connectivity index is 1.50. The number of nitrogens with two attached hydrogens (primary N) is 1. The van der Waals surface area contributed by atoms with Crippen LogP contribution in [-0.2, 0) is 7.05 Å². The quantitative estimate of drug-likeness (QED) is 0.225. The van der Waals surface area contributed by atoms with E-state index in [9.17, 15) is 9.59 Å². The molecule has 202 valence electrons. The zero-order chi connectivity index (χ0) is 28.5. The number of para-hydroxylation sites is 1. The Morgan fingerprint density at radius 3 is 2.73 bits per heavy atom. The summed E-state index contributed by atoms with van der Waals surface area (Å²) in [7, 11) is 1.82. The van der Waals surface area contributed by atoms with Gasteiger partial charge in [-0.15, -0.1) is 4.52 Å². The molecule has 0 fully saturated rings. The lowest BCUT2D eigenvalue weighted by atomic mass is 10.1. The third kappa shape index (κ3) is 4.68. The van der Waals surface area contributed by atoms with Gasteiger partial charge in [-0.05, 0) is 35.7 Å². The Morgan fingerprint density at radius 2 is 1.98 bits per heavy atom. The Morgan fingerprint density at radius 1 is 1.15 bits per heavy atom. The molecule has 0 saturated heterocycles. The number of anilines is 1. The minimum absolute atomic E-state index is 0.180. The number of benzene rings is 2. The first-order chi connectivity index (χ1) is 19.9. The van der Waals surface area contributed by atoms with Gasteiger partial charge in [-0.3, -0.25) is 18.8 Å². The van der Waals surface area contributed by atoms with Crippen LogP contribution in [0.1, 0.15) is 46.7 Å². The first-order valence-electron chi connectivity index (χ1n) is 13.0. The van der Waals surface area contributed by atoms with E-state index in [1.54, 1.807) is 52.2 Å². The van der Waals surface area contributed by atoms with Crippen LogP contribution < -0.4 is 21.1 Å². The molecule has 0 radical (unpaired) electrons. The highest BCUT2D eigenvalue weighted by atomic mass is 16.2. The van der Waals surface area contributed by atoms with Crippen molar-refractivity contribution in [1.29, 1.82) is 0 Å². The van der Waals surface area contributed by atoms with E-state index < -0.39 is 11.9 Å². The van der Waals surface area contributed by atoms with Crippen LogP contribution in [0.5, 0.6) is 0 Å². The maximum atomic E-state index is 14.2. The van der Waals surface area contributed by atoms with Crippen molar-refractivity contribution < 1.29 is 9.31 Å². The van der Waals surface area contributed by atoms with Crippen LogP contribution in [0.15, 0.2) is 84.2 Å². The number of aromatic nitrogens is 7. The molecule has 41 heavy (non-hydrogen) atoms. The Labute approximate surface area is 234 Å². The number of carbonyl (C=O) groups is 1. The number of nitrogen functional groups attached to an aromatic ring is 1. The van der Waals surface area contributed by atoms with Gasteiger partial charge in [0.2, 0.25) is 0 Å². The van der Waals surface area contributed by atoms with E-state index in [1.807, 2.05) is 50.4 Å². The number of carbonyl (C=O) groups excluding carboxylic acids is 1. The standard InChI is InChI=1S/C30H25N9O2/c1-3-22(35-29(40)25-26(31)36-38-16-8-15-32-28(25)38)27-34-23-12-7-9-20(14-13-19-17-33-37(2)18-19)24(23)30(41)39(27)21-10-5-4-6-11-21/h4-12,15-18,22H,3H2,1-2H3,(H3,31,35,36,40)/p+1. The topological polar surface area (TPSA) is 141 Å². The minimum Gasteiger partial charge on any atom is -0.382 e. The predicted octanol–water partition coefficient (Wildman–Crippen LogP) is 2.44. The van der Waals surface area contributed by atoms with Gasteiger partial charge >= 0.3 is 5.65 Å². The largest absolute Gasteiger partial charge is 0.382 e. The number of fused-ring (bicyclic) bond motifs is 2. The van der Waals surface area contributed by atoms with E-state index in [0.29, 0.717) is 40.0 Å². The van der Waals surface area contributed by atoms with Gasteiger partial charge in [0.1, 0.15) is 18.2 Å². The van der Waals surface area contributed by atoms with Gasteiger partial charge in [0.15, 0.2) is 11.4 Å². The first-order valence-corrected chi connectivity index (χ1v) is 13.0. The maximum Gasteiger partial charge on any atom is 0.362 e. The SMILES string of the molecule is CCC(NC(=O)c1c(N)[nH][n+]2cccnc12)c1nc2cccc(C#Cc3cnn(C)c3)c2c(=O)n1-c1ccccc1. The molecule has 4 heterocycles. The molecular weight excluding hydrogens is 518 g/mol. The molecular formula is C30H26N9O2+. The molecule has 1 amide bonds. The average Bonchev–Trinajstić information content (AvgIpc) is 3.56. The van der Waals surface area contributed by atoms with Crippen molar-refractivity contribution in [1.82, 2.24) is 34.7 Å². The number of aryl methyl sites for hydroxylation is 1. The van der Waals surface area contributed by atoms with Crippen LogP contribution in [-0.4, -0.2) is 35.3 Å². The monoisotopic (exact) mass is 544 g/mol. The smallest absolute Gasteiger partial charge is 0.362 e. The number of H-pyrrole nitrogens is 1. The van der Waals surface area contributed by atoms with E-state index >= 15 is 0 Å². The second kappa shape index (κ2) is 10.4. The fourth-order valence-electron chi connectivity index (χ4n) is 4.79. The van der Waals surface area contributed by atoms with E-state index in [2.05, 4.69) is 32.3 Å². The molecule has 0 aliphatic rings. The van der Waals surface area contributed by atoms with Crippen molar-refractivity contribution in [3.8, 4) is 17.5 Å². The molecule has 0 aliphatic heterocycles. The van der Waals surface area contributed by atoms with Crippen molar-refractivity contribution in [2.24, 2.45) is 7.05 Å². The summed E-state index contributed by atoms with van der Waals surface area (Å²) in [6, 6.07) is 15.7. The van der Waals surface area contributed by atoms with Crippen molar-refractivity contribution in [3.05, 3.63) is 112 Å². The van der Waals surface area contributed by atoms with Gasteiger partial charge < -0.3 is 11.1 Å². The fraction of sp³-hybridized carbons (Fsp3) is 0.133. The van der Waals surface area contributed by atoms with Crippen molar-refractivity contribution in [2.45, 2.75) is 19.4 Å². The van der Waals surface area contributed by atoms with E-state index in [4.69, 9.17) is 10.7 Å². The normalized spacial score (nSPS) is 11.8. The summed E-state index contributed by atoms with van der Waals surface area (Å²) in [5.74, 6) is 6.34. The molecule has 6 aromatic rings. The van der Waals surface area contributed by atoms with E-state index in [0.717, 1.165) is 5.56 Å². The number of nitrogens with zero attached hydrogens (tertiary/aromatic N) is 6. The second-order valence-electron chi connectivity index (χ2n) is 9.45. The molecule has 0 spiro atoms. The van der Waals surface area contributed by atoms with Crippen LogP contribution in [0.2, 0.25) is 0 Å². The zero-order valence-corrected chi connectivity index (χ0v) is 22.4. The predicted molar refractivity (Wildman–Crippen MR) is 153 cm³/mol. The summed E-state index contributed by atoms with van der Waals surface area (Å²) in [5, 5.41) is 10.5. The molecule has 4 aromatic heterocycles. The zero-order valence-electron chi connectivity index (χ0n) is 22.4. The first kappa shape index (κ1) is 25.5. The summed E-state index contributed by atoms with van der Waals surface area (Å²) in [5.41, 5.74) is 8.85. The summed E-state index contributed by atoms with van der Waals surface area (Å²) in [4.78, 5) is 37.0. The van der Waals surface area contributed by atoms with Gasteiger partial charge in [0, 0.05) is 24.9 Å². The van der Waals surface area contributed by atoms with Crippen molar-refractivity contribution in [3.63, 3.8) is 0 Å². The van der Waals surface area contributed by atoms with Crippen LogP contribution >= 0.6 is 0 Å². The summed E-state index contributed by atoms with van der Waals surface area (Å²) in [6.45, 7) is 1.91. The highest BCUT2D eigenvalue weighted by Crippen LogP contribution is 2.23. The van der Waals surface area contributed by atoms with E-state index in [-0.39, 0.29) is 16.9 Å². The number of hydrogen-bond donors (Lipinski definition) is 3. The molecule has 11 nitrogen and oxygen atoms in total. The van der Waals surface area contributed by atoms with E-state index in [1.165, 1.54) is 4.57 Å². The molecule has 6 rings (SSSR count). The number of nitrogens with one attached hydrogen (secondary N) is 2. The fourth-order valence-corrected chi connectivity index (χ4v) is 4.79. The summed E-state index contributed by atoms with van der Waals surface area (Å²) in [6.07, 6.45) is 7.24. The lowest BCUT2D eigenvalue weighted by Gasteiger charge is -2.21. The molecule has 0 aliphatic carbocycles. The Kier molecular flexibility index (Phi) is 6.49. The molecule has 1 atom stereocenters. The Bertz CT molecular complexity index is 2050. The van der Waals surface area contributed by atoms with Gasteiger partial charge in [-0.25, -0.2) is 10.1 Å². The Hall–Kier alpha value is -5.76. The number of amides is 1. The van der Waals surface area contributed by atoms with Crippen LogP contribution in [0.3, 0.4) is 0 Å². The van der Waals surface area contributed by atoms with Gasteiger partial charge in [-0.1, -0.05) is 43.0 Å². The molecule has 1 unspecified atom stereocenters. The number of hydrogen-bond acceptors (Lipinski definition) is 6. The lowest BCUT2D eigenvalue weighted by molar-refractivity contribution is -0.577. The maximum absolute atomic E-state index is 14.2. The molecule has 2 aromatic carbocycles. The molecule has 4 N–H and O–H groups in total. The molecule has 11 heteroatoms. The second-order valence-corrected chi connectivity index (χ2v) is 9.45. The van der Waals surface area contributed by atoms with Crippen LogP contribution in [0, 0.1) is 11.8 Å². The van der Waals surface area contributed by atoms with Gasteiger partial charge in [0.25, 0.3) is 11.5 Å². The third-order valence-corrected chi connectivity index (χ3v) is 6.72.